The fourth-order valence-electron chi connectivity index (χ4n) is 3.07. The molecule has 0 N–H and O–H groups in total. The normalized spacial score (nSPS) is 28.1. The van der Waals surface area contributed by atoms with Crippen LogP contribution >= 0.6 is 11.8 Å². The molecule has 0 amide bonds. The third-order valence-electron chi connectivity index (χ3n) is 4.05. The van der Waals surface area contributed by atoms with Gasteiger partial charge in [-0.15, -0.1) is 11.8 Å². The van der Waals surface area contributed by atoms with Crippen molar-refractivity contribution in [2.24, 2.45) is 5.92 Å². The van der Waals surface area contributed by atoms with Gasteiger partial charge < -0.3 is 0 Å². The highest BCUT2D eigenvalue weighted by atomic mass is 32.2. The van der Waals surface area contributed by atoms with Crippen LogP contribution in [0.2, 0.25) is 0 Å². The summed E-state index contributed by atoms with van der Waals surface area (Å²) in [6.07, 6.45) is 5.40. The van der Waals surface area contributed by atoms with E-state index in [9.17, 15) is 4.79 Å². The molecule has 1 aliphatic heterocycles. The molecule has 0 spiro atoms. The maximum absolute atomic E-state index is 11.9. The van der Waals surface area contributed by atoms with E-state index in [0.29, 0.717) is 17.6 Å². The minimum absolute atomic E-state index is 0.348. The topological polar surface area (TPSA) is 17.1 Å². The first kappa shape index (κ1) is 11.3. The molecule has 1 nitrogen and oxygen atoms in total. The average molecular weight is 246 g/mol. The van der Waals surface area contributed by atoms with E-state index < -0.39 is 0 Å². The molecule has 1 fully saturated rings. The van der Waals surface area contributed by atoms with E-state index in [1.165, 1.54) is 22.6 Å². The monoisotopic (exact) mass is 246 g/mol. The molecule has 2 heteroatoms. The Bertz CT molecular complexity index is 427. The lowest BCUT2D eigenvalue weighted by Crippen LogP contribution is -2.21. The summed E-state index contributed by atoms with van der Waals surface area (Å²) in [5.74, 6) is 2.65. The van der Waals surface area contributed by atoms with Crippen molar-refractivity contribution in [3.8, 4) is 0 Å². The zero-order valence-electron chi connectivity index (χ0n) is 10.0. The van der Waals surface area contributed by atoms with Gasteiger partial charge in [-0.05, 0) is 36.8 Å². The Morgan fingerprint density at radius 3 is 2.94 bits per heavy atom. The highest BCUT2D eigenvalue weighted by Gasteiger charge is 2.29. The Balaban J connectivity index is 1.72. The van der Waals surface area contributed by atoms with E-state index in [-0.39, 0.29) is 0 Å². The summed E-state index contributed by atoms with van der Waals surface area (Å²) in [5.41, 5.74) is 1.48. The second-order valence-corrected chi connectivity index (χ2v) is 6.25. The van der Waals surface area contributed by atoms with Crippen LogP contribution in [0, 0.1) is 5.92 Å². The third-order valence-corrected chi connectivity index (χ3v) is 5.30. The molecule has 1 heterocycles. The van der Waals surface area contributed by atoms with Gasteiger partial charge in [0.1, 0.15) is 5.78 Å². The molecule has 90 valence electrons. The van der Waals surface area contributed by atoms with Crippen LogP contribution in [0.4, 0.5) is 0 Å². The largest absolute Gasteiger partial charge is 0.299 e. The van der Waals surface area contributed by atoms with Crippen molar-refractivity contribution in [2.45, 2.75) is 42.9 Å². The van der Waals surface area contributed by atoms with Crippen molar-refractivity contribution >= 4 is 17.5 Å². The SMILES string of the molecule is O=C1CCCCC1CC1CSc2ccccc21. The number of thioether (sulfide) groups is 1. The van der Waals surface area contributed by atoms with Gasteiger partial charge in [-0.25, -0.2) is 0 Å². The number of hydrogen-bond acceptors (Lipinski definition) is 2. The second kappa shape index (κ2) is 4.85. The molecule has 0 bridgehead atoms. The number of carbonyl (C=O) groups is 1. The summed E-state index contributed by atoms with van der Waals surface area (Å²) in [6, 6.07) is 8.69. The van der Waals surface area contributed by atoms with Gasteiger partial charge in [-0.2, -0.15) is 0 Å². The molecule has 2 unspecified atom stereocenters. The van der Waals surface area contributed by atoms with E-state index in [4.69, 9.17) is 0 Å². The molecular formula is C15H18OS. The Morgan fingerprint density at radius 1 is 1.18 bits per heavy atom. The first-order valence-corrected chi connectivity index (χ1v) is 7.57. The number of benzene rings is 1. The Hall–Kier alpha value is -0.760. The highest BCUT2D eigenvalue weighted by Crippen LogP contribution is 2.43. The molecule has 0 radical (unpaired) electrons. The van der Waals surface area contributed by atoms with Crippen molar-refractivity contribution in [2.75, 3.05) is 5.75 Å². The zero-order chi connectivity index (χ0) is 11.7. The molecule has 3 rings (SSSR count). The molecular weight excluding hydrogens is 228 g/mol. The summed E-state index contributed by atoms with van der Waals surface area (Å²) >= 11 is 1.95. The van der Waals surface area contributed by atoms with Gasteiger partial charge >= 0.3 is 0 Å². The molecule has 1 aromatic carbocycles. The predicted molar refractivity (Wildman–Crippen MR) is 71.5 cm³/mol. The van der Waals surface area contributed by atoms with Gasteiger partial charge in [0.2, 0.25) is 0 Å². The van der Waals surface area contributed by atoms with Gasteiger partial charge in [0.25, 0.3) is 0 Å². The molecule has 2 atom stereocenters. The zero-order valence-corrected chi connectivity index (χ0v) is 10.8. The van der Waals surface area contributed by atoms with Crippen molar-refractivity contribution in [3.05, 3.63) is 29.8 Å². The minimum atomic E-state index is 0.348. The molecule has 1 aromatic rings. The van der Waals surface area contributed by atoms with E-state index >= 15 is 0 Å². The van der Waals surface area contributed by atoms with Crippen LogP contribution in [0.15, 0.2) is 29.2 Å². The van der Waals surface area contributed by atoms with Gasteiger partial charge in [0.15, 0.2) is 0 Å². The van der Waals surface area contributed by atoms with E-state index in [1.807, 2.05) is 11.8 Å². The summed E-state index contributed by atoms with van der Waals surface area (Å²) < 4.78 is 0. The predicted octanol–water partition coefficient (Wildman–Crippen LogP) is 4.03. The van der Waals surface area contributed by atoms with Crippen LogP contribution in [0.1, 0.15) is 43.6 Å². The molecule has 2 aliphatic rings. The van der Waals surface area contributed by atoms with Crippen LogP contribution in [-0.4, -0.2) is 11.5 Å². The lowest BCUT2D eigenvalue weighted by atomic mass is 9.80. The number of rotatable bonds is 2. The van der Waals surface area contributed by atoms with Gasteiger partial charge in [-0.1, -0.05) is 24.6 Å². The number of Topliss-reactive ketones (excluding diaryl/α,β-unsaturated/α-hetero) is 1. The molecule has 1 saturated carbocycles. The van der Waals surface area contributed by atoms with Crippen LogP contribution < -0.4 is 0 Å². The summed E-state index contributed by atoms with van der Waals surface area (Å²) in [5, 5.41) is 0. The fraction of sp³-hybridized carbons (Fsp3) is 0.533. The number of hydrogen-bond donors (Lipinski definition) is 0. The van der Waals surface area contributed by atoms with E-state index in [1.54, 1.807) is 0 Å². The highest BCUT2D eigenvalue weighted by molar-refractivity contribution is 7.99. The summed E-state index contributed by atoms with van der Waals surface area (Å²) in [4.78, 5) is 13.3. The van der Waals surface area contributed by atoms with Crippen LogP contribution in [0.25, 0.3) is 0 Å². The lowest BCUT2D eigenvalue weighted by molar-refractivity contribution is -0.124. The Morgan fingerprint density at radius 2 is 2.06 bits per heavy atom. The molecule has 0 saturated heterocycles. The quantitative estimate of drug-likeness (QED) is 0.784. The first-order chi connectivity index (χ1) is 8.34. The summed E-state index contributed by atoms with van der Waals surface area (Å²) in [6.45, 7) is 0. The van der Waals surface area contributed by atoms with Crippen molar-refractivity contribution in [1.82, 2.24) is 0 Å². The maximum atomic E-state index is 11.9. The third kappa shape index (κ3) is 2.28. The Labute approximate surface area is 107 Å². The molecule has 1 aliphatic carbocycles. The van der Waals surface area contributed by atoms with Crippen LogP contribution in [0.5, 0.6) is 0 Å². The van der Waals surface area contributed by atoms with Crippen molar-refractivity contribution in [1.29, 1.82) is 0 Å². The smallest absolute Gasteiger partial charge is 0.135 e. The lowest BCUT2D eigenvalue weighted by Gasteiger charge is -2.23. The second-order valence-electron chi connectivity index (χ2n) is 5.19. The molecule has 0 aromatic heterocycles. The maximum Gasteiger partial charge on any atom is 0.135 e. The minimum Gasteiger partial charge on any atom is -0.299 e. The Kier molecular flexibility index (Phi) is 3.24. The van der Waals surface area contributed by atoms with Crippen LogP contribution in [-0.2, 0) is 4.79 Å². The van der Waals surface area contributed by atoms with Crippen molar-refractivity contribution in [3.63, 3.8) is 0 Å². The van der Waals surface area contributed by atoms with E-state index in [0.717, 1.165) is 25.7 Å². The fourth-order valence-corrected chi connectivity index (χ4v) is 4.34. The van der Waals surface area contributed by atoms with Crippen molar-refractivity contribution < 1.29 is 4.79 Å². The standard InChI is InChI=1S/C15H18OS/c16-14-7-3-1-5-11(14)9-12-10-17-15-8-4-2-6-13(12)15/h2,4,6,8,11-12H,1,3,5,7,9-10H2. The average Bonchev–Trinajstić information content (AvgIpc) is 2.76. The first-order valence-electron chi connectivity index (χ1n) is 6.59. The van der Waals surface area contributed by atoms with Crippen LogP contribution in [0.3, 0.4) is 0 Å². The molecule has 17 heavy (non-hydrogen) atoms. The van der Waals surface area contributed by atoms with Gasteiger partial charge in [-0.3, -0.25) is 4.79 Å². The number of fused-ring (bicyclic) bond motifs is 1. The van der Waals surface area contributed by atoms with Gasteiger partial charge in [0, 0.05) is 23.0 Å². The van der Waals surface area contributed by atoms with E-state index in [2.05, 4.69) is 24.3 Å². The number of carbonyl (C=O) groups excluding carboxylic acids is 1. The summed E-state index contributed by atoms with van der Waals surface area (Å²) in [7, 11) is 0. The van der Waals surface area contributed by atoms with Gasteiger partial charge in [0.05, 0.1) is 0 Å². The number of ketones is 1.